The van der Waals surface area contributed by atoms with E-state index in [1.807, 2.05) is 6.07 Å². The molecule has 11 heteroatoms. The van der Waals surface area contributed by atoms with E-state index in [9.17, 15) is 19.2 Å². The minimum Gasteiger partial charge on any atom is -0.497 e. The van der Waals surface area contributed by atoms with Gasteiger partial charge in [0, 0.05) is 5.69 Å². The van der Waals surface area contributed by atoms with Crippen LogP contribution >= 0.6 is 23.1 Å². The lowest BCUT2D eigenvalue weighted by molar-refractivity contribution is -0.122. The van der Waals surface area contributed by atoms with Gasteiger partial charge in [-0.05, 0) is 48.5 Å². The maximum absolute atomic E-state index is 13.8. The Hall–Kier alpha value is -4.09. The number of carbonyl (C=O) groups is 3. The summed E-state index contributed by atoms with van der Waals surface area (Å²) in [5, 5.41) is 2.51. The largest absolute Gasteiger partial charge is 0.497 e. The first kappa shape index (κ1) is 24.3. The van der Waals surface area contributed by atoms with E-state index < -0.39 is 17.1 Å². The van der Waals surface area contributed by atoms with Gasteiger partial charge in [-0.3, -0.25) is 23.7 Å². The smallest absolute Gasteiger partial charge is 0.308 e. The fourth-order valence-corrected chi connectivity index (χ4v) is 7.63. The molecule has 0 aliphatic carbocycles. The van der Waals surface area contributed by atoms with Gasteiger partial charge in [0.25, 0.3) is 0 Å². The van der Waals surface area contributed by atoms with Gasteiger partial charge in [0.05, 0.1) is 40.8 Å². The Kier molecular flexibility index (Phi) is 6.16. The Labute approximate surface area is 225 Å². The van der Waals surface area contributed by atoms with Crippen LogP contribution in [0.2, 0.25) is 0 Å². The van der Waals surface area contributed by atoms with Crippen molar-refractivity contribution in [1.29, 1.82) is 0 Å². The predicted molar refractivity (Wildman–Crippen MR) is 143 cm³/mol. The molecular weight excluding hydrogens is 526 g/mol. The Morgan fingerprint density at radius 1 is 1.00 bits per heavy atom. The number of carbonyl (C=O) groups excluding carboxylic acids is 3. The van der Waals surface area contributed by atoms with Gasteiger partial charge in [-0.2, -0.15) is 0 Å². The minimum absolute atomic E-state index is 0.223. The van der Waals surface area contributed by atoms with Crippen LogP contribution in [0.4, 0.5) is 11.4 Å². The molecule has 4 aromatic rings. The van der Waals surface area contributed by atoms with Crippen LogP contribution < -0.4 is 19.8 Å². The number of amides is 3. The number of nitrogens with zero attached hydrogens (tertiary/aromatic N) is 2. The number of fused-ring (bicyclic) bond motifs is 2. The second kappa shape index (κ2) is 9.66. The SMILES string of the molecule is COc1ccc(N2C(=O)C3Sc4c(sc(=O)n4CC(=O)Nc4ccccc4)[C@H](c4ccco4)C3C2=O)cc1. The molecule has 3 amide bonds. The number of anilines is 2. The third-order valence-electron chi connectivity index (χ3n) is 6.59. The van der Waals surface area contributed by atoms with Crippen molar-refractivity contribution in [2.45, 2.75) is 22.7 Å². The number of hydrogen-bond acceptors (Lipinski definition) is 8. The van der Waals surface area contributed by atoms with Crippen LogP contribution in [-0.2, 0) is 20.9 Å². The Balaban J connectivity index is 1.38. The number of para-hydroxylation sites is 1. The van der Waals surface area contributed by atoms with Crippen molar-refractivity contribution >= 4 is 52.2 Å². The van der Waals surface area contributed by atoms with Gasteiger partial charge in [-0.1, -0.05) is 41.3 Å². The lowest BCUT2D eigenvalue weighted by Gasteiger charge is -2.29. The number of imide groups is 1. The van der Waals surface area contributed by atoms with Gasteiger partial charge < -0.3 is 14.5 Å². The molecule has 1 N–H and O–H groups in total. The summed E-state index contributed by atoms with van der Waals surface area (Å²) in [5.41, 5.74) is 1.06. The van der Waals surface area contributed by atoms with Crippen molar-refractivity contribution in [2.75, 3.05) is 17.3 Å². The highest BCUT2D eigenvalue weighted by atomic mass is 32.2. The number of nitrogens with one attached hydrogen (secondary N) is 1. The zero-order valence-corrected chi connectivity index (χ0v) is 21.7. The Bertz CT molecular complexity index is 1580. The van der Waals surface area contributed by atoms with E-state index in [0.717, 1.165) is 23.1 Å². The molecule has 2 unspecified atom stereocenters. The summed E-state index contributed by atoms with van der Waals surface area (Å²) in [6.07, 6.45) is 1.50. The van der Waals surface area contributed by atoms with Crippen molar-refractivity contribution in [2.24, 2.45) is 5.92 Å². The second-order valence-corrected chi connectivity index (χ2v) is 10.9. The summed E-state index contributed by atoms with van der Waals surface area (Å²) < 4.78 is 12.3. The van der Waals surface area contributed by atoms with Gasteiger partial charge in [-0.25, -0.2) is 4.90 Å². The summed E-state index contributed by atoms with van der Waals surface area (Å²) in [6.45, 7) is -0.223. The summed E-state index contributed by atoms with van der Waals surface area (Å²) in [4.78, 5) is 54.8. The van der Waals surface area contributed by atoms with Crippen molar-refractivity contribution in [3.8, 4) is 5.75 Å². The molecule has 0 spiro atoms. The number of methoxy groups -OCH3 is 1. The van der Waals surface area contributed by atoms with Crippen LogP contribution in [-0.4, -0.2) is 34.6 Å². The molecule has 2 aromatic heterocycles. The summed E-state index contributed by atoms with van der Waals surface area (Å²) in [7, 11) is 1.54. The van der Waals surface area contributed by atoms with E-state index in [-0.39, 0.29) is 29.1 Å². The van der Waals surface area contributed by atoms with Crippen LogP contribution in [0.15, 0.2) is 87.2 Å². The molecule has 9 nitrogen and oxygen atoms in total. The molecule has 2 aliphatic heterocycles. The van der Waals surface area contributed by atoms with Crippen molar-refractivity contribution < 1.29 is 23.5 Å². The summed E-state index contributed by atoms with van der Waals surface area (Å²) in [5.74, 6) is -1.42. The van der Waals surface area contributed by atoms with Gasteiger partial charge in [-0.15, -0.1) is 0 Å². The maximum Gasteiger partial charge on any atom is 0.308 e. The van der Waals surface area contributed by atoms with E-state index in [4.69, 9.17) is 9.15 Å². The molecular formula is C27H21N3O6S2. The second-order valence-electron chi connectivity index (χ2n) is 8.80. The average Bonchev–Trinajstić information content (AvgIpc) is 3.62. The lowest BCUT2D eigenvalue weighted by atomic mass is 9.87. The highest BCUT2D eigenvalue weighted by Gasteiger charge is 2.57. The molecule has 0 radical (unpaired) electrons. The molecule has 6 rings (SSSR count). The first-order valence-electron chi connectivity index (χ1n) is 11.8. The fourth-order valence-electron chi connectivity index (χ4n) is 4.88. The monoisotopic (exact) mass is 547 g/mol. The van der Waals surface area contributed by atoms with Gasteiger partial charge in [0.2, 0.25) is 17.7 Å². The van der Waals surface area contributed by atoms with Gasteiger partial charge in [0.15, 0.2) is 0 Å². The number of benzene rings is 2. The minimum atomic E-state index is -0.787. The molecule has 0 saturated carbocycles. The van der Waals surface area contributed by atoms with Crippen molar-refractivity contribution in [1.82, 2.24) is 4.57 Å². The topological polar surface area (TPSA) is 111 Å². The third-order valence-corrected chi connectivity index (χ3v) is 9.19. The molecule has 0 bridgehead atoms. The number of thiazole rings is 1. The predicted octanol–water partition coefficient (Wildman–Crippen LogP) is 3.95. The molecule has 1 saturated heterocycles. The first-order valence-corrected chi connectivity index (χ1v) is 13.5. The Morgan fingerprint density at radius 2 is 1.76 bits per heavy atom. The molecule has 38 heavy (non-hydrogen) atoms. The summed E-state index contributed by atoms with van der Waals surface area (Å²) >= 11 is 2.13. The number of hydrogen-bond donors (Lipinski definition) is 1. The van der Waals surface area contributed by atoms with E-state index in [1.54, 1.807) is 67.8 Å². The standard InChI is InChI=1S/C27H21N3O6S2/c1-35-17-11-9-16(10-12-17)30-24(32)21-20(18-8-5-13-36-18)23-26(37-22(21)25(30)33)29(27(34)38-23)14-19(31)28-15-6-3-2-4-7-15/h2-13,20-22H,14H2,1H3,(H,28,31)/t20-,21?,22?/m1/s1. The van der Waals surface area contributed by atoms with Crippen molar-refractivity contribution in [3.63, 3.8) is 0 Å². The molecule has 2 aliphatic rings. The van der Waals surface area contributed by atoms with Crippen LogP contribution in [0.5, 0.6) is 5.75 Å². The van der Waals surface area contributed by atoms with Crippen LogP contribution in [0.1, 0.15) is 16.6 Å². The number of furan rings is 1. The van der Waals surface area contributed by atoms with Gasteiger partial charge >= 0.3 is 4.87 Å². The zero-order chi connectivity index (χ0) is 26.4. The van der Waals surface area contributed by atoms with E-state index >= 15 is 0 Å². The first-order chi connectivity index (χ1) is 18.5. The highest BCUT2D eigenvalue weighted by Crippen LogP contribution is 2.54. The number of ether oxygens (including phenoxy) is 1. The normalized spacial score (nSPS) is 20.2. The summed E-state index contributed by atoms with van der Waals surface area (Å²) in [6, 6.07) is 19.1. The van der Waals surface area contributed by atoms with Crippen LogP contribution in [0, 0.1) is 5.92 Å². The van der Waals surface area contributed by atoms with Gasteiger partial charge in [0.1, 0.15) is 23.3 Å². The van der Waals surface area contributed by atoms with Crippen LogP contribution in [0.25, 0.3) is 0 Å². The molecule has 3 atom stereocenters. The van der Waals surface area contributed by atoms with E-state index in [2.05, 4.69) is 5.32 Å². The zero-order valence-electron chi connectivity index (χ0n) is 20.0. The average molecular weight is 548 g/mol. The number of rotatable bonds is 6. The molecule has 4 heterocycles. The maximum atomic E-state index is 13.8. The quantitative estimate of drug-likeness (QED) is 0.364. The fraction of sp³-hybridized carbons (Fsp3) is 0.185. The van der Waals surface area contributed by atoms with Crippen LogP contribution in [0.3, 0.4) is 0 Å². The van der Waals surface area contributed by atoms with E-state index in [0.29, 0.717) is 32.8 Å². The lowest BCUT2D eigenvalue weighted by Crippen LogP contribution is -2.32. The molecule has 2 aromatic carbocycles. The highest BCUT2D eigenvalue weighted by molar-refractivity contribution is 8.00. The number of aromatic nitrogens is 1. The van der Waals surface area contributed by atoms with E-state index in [1.165, 1.54) is 15.7 Å². The molecule has 1 fully saturated rings. The molecule has 192 valence electrons. The number of thioether (sulfide) groups is 1. The van der Waals surface area contributed by atoms with Crippen molar-refractivity contribution in [3.05, 3.63) is 93.3 Å². The Morgan fingerprint density at radius 3 is 2.45 bits per heavy atom. The third kappa shape index (κ3) is 4.04.